The minimum Gasteiger partial charge on any atom is -0.387 e. The van der Waals surface area contributed by atoms with Crippen LogP contribution in [0.15, 0.2) is 12.7 Å². The first kappa shape index (κ1) is 18.2. The summed E-state index contributed by atoms with van der Waals surface area (Å²) in [6.07, 6.45) is -4.28. The molecule has 0 bridgehead atoms. The minimum absolute atomic E-state index is 0.150. The van der Waals surface area contributed by atoms with Gasteiger partial charge in [0.15, 0.2) is 23.9 Å². The van der Waals surface area contributed by atoms with Gasteiger partial charge in [-0.2, -0.15) is 0 Å². The van der Waals surface area contributed by atoms with E-state index in [-0.39, 0.29) is 24.6 Å². The third kappa shape index (κ3) is 3.25. The van der Waals surface area contributed by atoms with E-state index in [1.54, 1.807) is 0 Å². The number of amides is 2. The zero-order valence-corrected chi connectivity index (χ0v) is 13.6. The highest BCUT2D eigenvalue weighted by Gasteiger charge is 2.47. The molecule has 2 aromatic heterocycles. The zero-order valence-electron chi connectivity index (χ0n) is 13.6. The first-order valence-electron chi connectivity index (χ1n) is 7.81. The average Bonchev–Trinajstić information content (AvgIpc) is 3.16. The predicted octanol–water partition coefficient (Wildman–Crippen LogP) is -3.40. The Morgan fingerprint density at radius 1 is 1.35 bits per heavy atom. The summed E-state index contributed by atoms with van der Waals surface area (Å²) in [5, 5.41) is 35.2. The fraction of sp³-hybridized carbons (Fsp3) is 0.538. The van der Waals surface area contributed by atoms with E-state index < -0.39 is 36.8 Å². The Morgan fingerprint density at radius 3 is 2.85 bits per heavy atom. The van der Waals surface area contributed by atoms with Gasteiger partial charge in [0, 0.05) is 13.1 Å². The fourth-order valence-corrected chi connectivity index (χ4v) is 2.69. The van der Waals surface area contributed by atoms with Gasteiger partial charge in [0.05, 0.1) is 6.33 Å². The van der Waals surface area contributed by atoms with Crippen molar-refractivity contribution in [1.82, 2.24) is 30.2 Å². The summed E-state index contributed by atoms with van der Waals surface area (Å²) in [5.74, 6) is 0.150. The molecule has 0 saturated carbocycles. The normalized spacial score (nSPS) is 26.8. The lowest BCUT2D eigenvalue weighted by Gasteiger charge is -2.22. The number of fused-ring (bicyclic) bond motifs is 1. The Bertz CT molecular complexity index is 785. The van der Waals surface area contributed by atoms with Crippen molar-refractivity contribution >= 4 is 23.0 Å². The number of anilines is 1. The standard InChI is InChI=1S/C13H20N8O5/c14-1-2-16-13(25)20-11(24)8-6(22)7(23)12(26-8)21-4-19-5-9(15)17-3-18-10(5)21/h3-4,6-8,11-12,22-24H,1-2,14H2,(H2,15,17,18)(H2,16,20,25)/t6-,7+,8-,11?,12+/m0/s1. The van der Waals surface area contributed by atoms with E-state index in [9.17, 15) is 20.1 Å². The fourth-order valence-electron chi connectivity index (χ4n) is 2.69. The molecular formula is C13H20N8O5. The van der Waals surface area contributed by atoms with Crippen LogP contribution < -0.4 is 22.1 Å². The number of nitrogen functional groups attached to an aromatic ring is 1. The number of aliphatic hydroxyl groups is 3. The summed E-state index contributed by atoms with van der Waals surface area (Å²) in [5.41, 5.74) is 11.6. The molecule has 1 saturated heterocycles. The van der Waals surface area contributed by atoms with E-state index in [1.165, 1.54) is 17.2 Å². The number of nitrogens with one attached hydrogen (secondary N) is 2. The van der Waals surface area contributed by atoms with Crippen molar-refractivity contribution in [3.05, 3.63) is 12.7 Å². The van der Waals surface area contributed by atoms with E-state index in [4.69, 9.17) is 16.2 Å². The number of aliphatic hydroxyl groups excluding tert-OH is 3. The lowest BCUT2D eigenvalue weighted by atomic mass is 10.1. The zero-order chi connectivity index (χ0) is 18.8. The molecule has 3 rings (SSSR count). The number of nitrogens with zero attached hydrogens (tertiary/aromatic N) is 4. The van der Waals surface area contributed by atoms with Gasteiger partial charge in [-0.15, -0.1) is 0 Å². The van der Waals surface area contributed by atoms with Crippen molar-refractivity contribution in [1.29, 1.82) is 0 Å². The third-order valence-electron chi connectivity index (χ3n) is 3.96. The lowest BCUT2D eigenvalue weighted by Crippen LogP contribution is -2.52. The number of hydrogen-bond acceptors (Lipinski definition) is 10. The smallest absolute Gasteiger partial charge is 0.316 e. The number of urea groups is 1. The highest BCUT2D eigenvalue weighted by molar-refractivity contribution is 5.81. The molecule has 26 heavy (non-hydrogen) atoms. The molecule has 1 unspecified atom stereocenters. The molecule has 0 aliphatic carbocycles. The van der Waals surface area contributed by atoms with Gasteiger partial charge in [0.2, 0.25) is 0 Å². The van der Waals surface area contributed by atoms with E-state index in [0.717, 1.165) is 0 Å². The molecule has 142 valence electrons. The molecule has 0 aromatic carbocycles. The average molecular weight is 368 g/mol. The molecular weight excluding hydrogens is 348 g/mol. The predicted molar refractivity (Wildman–Crippen MR) is 87.3 cm³/mol. The third-order valence-corrected chi connectivity index (χ3v) is 3.96. The van der Waals surface area contributed by atoms with Gasteiger partial charge in [0.25, 0.3) is 0 Å². The molecule has 2 aromatic rings. The second-order valence-electron chi connectivity index (χ2n) is 5.69. The van der Waals surface area contributed by atoms with Gasteiger partial charge in [-0.05, 0) is 0 Å². The van der Waals surface area contributed by atoms with Gasteiger partial charge < -0.3 is 42.2 Å². The highest BCUT2D eigenvalue weighted by Crippen LogP contribution is 2.32. The molecule has 0 spiro atoms. The molecule has 3 heterocycles. The van der Waals surface area contributed by atoms with Crippen LogP contribution in [0.5, 0.6) is 0 Å². The first-order chi connectivity index (χ1) is 12.4. The van der Waals surface area contributed by atoms with Crippen molar-refractivity contribution < 1.29 is 24.9 Å². The Morgan fingerprint density at radius 2 is 2.12 bits per heavy atom. The molecule has 2 amide bonds. The summed E-state index contributed by atoms with van der Waals surface area (Å²) in [7, 11) is 0. The maximum Gasteiger partial charge on any atom is 0.316 e. The van der Waals surface area contributed by atoms with Crippen molar-refractivity contribution in [2.75, 3.05) is 18.8 Å². The monoisotopic (exact) mass is 368 g/mol. The molecule has 13 heteroatoms. The number of carbonyl (C=O) groups excluding carboxylic acids is 1. The van der Waals surface area contributed by atoms with Crippen molar-refractivity contribution in [2.24, 2.45) is 5.73 Å². The number of carbonyl (C=O) groups is 1. The van der Waals surface area contributed by atoms with E-state index in [1.807, 2.05) is 0 Å². The van der Waals surface area contributed by atoms with Crippen LogP contribution in [-0.4, -0.2) is 78.5 Å². The molecule has 1 aliphatic rings. The summed E-state index contributed by atoms with van der Waals surface area (Å²) in [6.45, 7) is 0.436. The second-order valence-corrected chi connectivity index (χ2v) is 5.69. The van der Waals surface area contributed by atoms with Gasteiger partial charge in [-0.3, -0.25) is 4.57 Å². The van der Waals surface area contributed by atoms with Gasteiger partial charge in [-0.1, -0.05) is 0 Å². The lowest BCUT2D eigenvalue weighted by molar-refractivity contribution is -0.0892. The maximum atomic E-state index is 11.6. The van der Waals surface area contributed by atoms with Crippen LogP contribution in [0.25, 0.3) is 11.2 Å². The van der Waals surface area contributed by atoms with Gasteiger partial charge >= 0.3 is 6.03 Å². The Kier molecular flexibility index (Phi) is 5.15. The molecule has 13 nitrogen and oxygen atoms in total. The van der Waals surface area contributed by atoms with E-state index in [0.29, 0.717) is 5.52 Å². The number of aromatic nitrogens is 4. The van der Waals surface area contributed by atoms with Crippen molar-refractivity contribution in [3.8, 4) is 0 Å². The number of rotatable bonds is 5. The molecule has 1 fully saturated rings. The number of imidazole rings is 1. The van der Waals surface area contributed by atoms with E-state index in [2.05, 4.69) is 25.6 Å². The number of ether oxygens (including phenoxy) is 1. The van der Waals surface area contributed by atoms with E-state index >= 15 is 0 Å². The van der Waals surface area contributed by atoms with Crippen LogP contribution in [0.2, 0.25) is 0 Å². The van der Waals surface area contributed by atoms with Crippen molar-refractivity contribution in [2.45, 2.75) is 30.8 Å². The van der Waals surface area contributed by atoms with Crippen LogP contribution in [0, 0.1) is 0 Å². The molecule has 0 radical (unpaired) electrons. The van der Waals surface area contributed by atoms with Crippen LogP contribution in [-0.2, 0) is 4.74 Å². The molecule has 1 aliphatic heterocycles. The summed E-state index contributed by atoms with van der Waals surface area (Å²) in [6, 6.07) is -0.690. The SMILES string of the molecule is NCCNC(=O)NC(O)[C@H]1O[C@@H](n2cnc3c(N)ncnc32)[C@H](O)[C@@H]1O. The first-order valence-corrected chi connectivity index (χ1v) is 7.81. The van der Waals surface area contributed by atoms with Crippen LogP contribution in [0.4, 0.5) is 10.6 Å². The quantitative estimate of drug-likeness (QED) is 0.260. The van der Waals surface area contributed by atoms with Crippen LogP contribution in [0.1, 0.15) is 6.23 Å². The Hall–Kier alpha value is -2.58. The highest BCUT2D eigenvalue weighted by atomic mass is 16.6. The van der Waals surface area contributed by atoms with Crippen LogP contribution in [0.3, 0.4) is 0 Å². The topological polar surface area (TPSA) is 207 Å². The maximum absolute atomic E-state index is 11.6. The van der Waals surface area contributed by atoms with Gasteiger partial charge in [0.1, 0.15) is 30.2 Å². The summed E-state index contributed by atoms with van der Waals surface area (Å²) >= 11 is 0. The second kappa shape index (κ2) is 7.35. The van der Waals surface area contributed by atoms with Crippen LogP contribution >= 0.6 is 0 Å². The number of hydrogen-bond donors (Lipinski definition) is 7. The molecule has 9 N–H and O–H groups in total. The Balaban J connectivity index is 1.77. The number of nitrogens with two attached hydrogens (primary N) is 2. The Labute approximate surface area is 147 Å². The largest absolute Gasteiger partial charge is 0.387 e. The molecule has 5 atom stereocenters. The summed E-state index contributed by atoms with van der Waals surface area (Å²) in [4.78, 5) is 23.5. The van der Waals surface area contributed by atoms with Gasteiger partial charge in [-0.25, -0.2) is 19.7 Å². The minimum atomic E-state index is -1.57. The van der Waals surface area contributed by atoms with Crippen molar-refractivity contribution in [3.63, 3.8) is 0 Å². The summed E-state index contributed by atoms with van der Waals surface area (Å²) < 4.78 is 6.91.